The van der Waals surface area contributed by atoms with Gasteiger partial charge in [-0.25, -0.2) is 0 Å². The summed E-state index contributed by atoms with van der Waals surface area (Å²) in [4.78, 5) is 27.7. The van der Waals surface area contributed by atoms with Gasteiger partial charge in [-0.3, -0.25) is 14.5 Å². The molecule has 5 heteroatoms. The van der Waals surface area contributed by atoms with Gasteiger partial charge >= 0.3 is 0 Å². The van der Waals surface area contributed by atoms with Crippen LogP contribution in [0.15, 0.2) is 18.2 Å². The van der Waals surface area contributed by atoms with Crippen molar-refractivity contribution < 1.29 is 9.59 Å². The second-order valence-electron chi connectivity index (χ2n) is 6.11. The van der Waals surface area contributed by atoms with Crippen molar-refractivity contribution in [1.29, 1.82) is 0 Å². The summed E-state index contributed by atoms with van der Waals surface area (Å²) in [5.41, 5.74) is 3.24. The van der Waals surface area contributed by atoms with Crippen LogP contribution < -0.4 is 5.32 Å². The van der Waals surface area contributed by atoms with Gasteiger partial charge in [-0.1, -0.05) is 25.1 Å². The molecule has 1 aliphatic rings. The summed E-state index contributed by atoms with van der Waals surface area (Å²) in [6, 6.07) is 6.11. The normalized spacial score (nSPS) is 15.5. The number of carbonyl (C=O) groups excluding carboxylic acids is 2. The van der Waals surface area contributed by atoms with E-state index >= 15 is 0 Å². The number of hydrogen-bond donors (Lipinski definition) is 1. The molecular weight excluding hydrogens is 290 g/mol. The minimum Gasteiger partial charge on any atom is -0.340 e. The van der Waals surface area contributed by atoms with Gasteiger partial charge in [0.05, 0.1) is 0 Å². The van der Waals surface area contributed by atoms with Gasteiger partial charge in [-0.2, -0.15) is 0 Å². The van der Waals surface area contributed by atoms with E-state index in [1.807, 2.05) is 24.0 Å². The second-order valence-corrected chi connectivity index (χ2v) is 6.11. The van der Waals surface area contributed by atoms with E-state index in [4.69, 9.17) is 0 Å². The van der Waals surface area contributed by atoms with Gasteiger partial charge in [0.15, 0.2) is 0 Å². The van der Waals surface area contributed by atoms with Crippen LogP contribution in [-0.4, -0.2) is 54.3 Å². The van der Waals surface area contributed by atoms with E-state index in [2.05, 4.69) is 23.2 Å². The summed E-state index contributed by atoms with van der Waals surface area (Å²) < 4.78 is 0. The number of aryl methyl sites for hydroxylation is 2. The fourth-order valence-corrected chi connectivity index (χ4v) is 2.95. The Bertz CT molecular complexity index is 563. The van der Waals surface area contributed by atoms with Gasteiger partial charge in [0.1, 0.15) is 0 Å². The third-order valence-electron chi connectivity index (χ3n) is 4.48. The van der Waals surface area contributed by atoms with Crippen molar-refractivity contribution >= 4 is 17.5 Å². The van der Waals surface area contributed by atoms with Crippen LogP contribution in [0.2, 0.25) is 0 Å². The van der Waals surface area contributed by atoms with Gasteiger partial charge in [0, 0.05) is 51.8 Å². The summed E-state index contributed by atoms with van der Waals surface area (Å²) in [5.74, 6) is 0.192. The lowest BCUT2D eigenvalue weighted by molar-refractivity contribution is -0.130. The fraction of sp³-hybridized carbons (Fsp3) is 0.556. The van der Waals surface area contributed by atoms with Gasteiger partial charge in [0.2, 0.25) is 11.8 Å². The summed E-state index contributed by atoms with van der Waals surface area (Å²) in [6.07, 6.45) is 1.39. The monoisotopic (exact) mass is 317 g/mol. The van der Waals surface area contributed by atoms with Crippen LogP contribution in [0.25, 0.3) is 0 Å². The van der Waals surface area contributed by atoms with E-state index in [-0.39, 0.29) is 11.8 Å². The van der Waals surface area contributed by atoms with Crippen molar-refractivity contribution in [1.82, 2.24) is 9.80 Å². The maximum atomic E-state index is 12.2. The molecule has 1 aromatic carbocycles. The molecule has 1 aliphatic heterocycles. The molecular formula is C18H27N3O2. The SMILES string of the molecule is CCc1cccc(C)c1NC(=O)CCN1CCN(C(C)=O)CC1. The highest BCUT2D eigenvalue weighted by Gasteiger charge is 2.19. The predicted molar refractivity (Wildman–Crippen MR) is 92.5 cm³/mol. The van der Waals surface area contributed by atoms with Crippen molar-refractivity contribution in [3.8, 4) is 0 Å². The van der Waals surface area contributed by atoms with E-state index in [9.17, 15) is 9.59 Å². The van der Waals surface area contributed by atoms with Crippen LogP contribution in [-0.2, 0) is 16.0 Å². The zero-order valence-corrected chi connectivity index (χ0v) is 14.4. The molecule has 2 amide bonds. The Morgan fingerprint density at radius 1 is 1.17 bits per heavy atom. The first kappa shape index (κ1) is 17.5. The van der Waals surface area contributed by atoms with E-state index in [1.54, 1.807) is 6.92 Å². The number of piperazine rings is 1. The number of para-hydroxylation sites is 1. The molecule has 0 bridgehead atoms. The molecule has 0 aromatic heterocycles. The van der Waals surface area contributed by atoms with Crippen LogP contribution in [0.3, 0.4) is 0 Å². The minimum atomic E-state index is 0.0583. The molecule has 1 saturated heterocycles. The Balaban J connectivity index is 1.81. The quantitative estimate of drug-likeness (QED) is 0.904. The number of amides is 2. The summed E-state index contributed by atoms with van der Waals surface area (Å²) in [7, 11) is 0. The number of benzene rings is 1. The average molecular weight is 317 g/mol. The van der Waals surface area contributed by atoms with E-state index in [0.29, 0.717) is 6.42 Å². The lowest BCUT2D eigenvalue weighted by atomic mass is 10.1. The Hall–Kier alpha value is -1.88. The van der Waals surface area contributed by atoms with Crippen molar-refractivity contribution in [3.63, 3.8) is 0 Å². The van der Waals surface area contributed by atoms with Crippen molar-refractivity contribution in [2.45, 2.75) is 33.6 Å². The Morgan fingerprint density at radius 2 is 1.87 bits per heavy atom. The molecule has 126 valence electrons. The highest BCUT2D eigenvalue weighted by atomic mass is 16.2. The third-order valence-corrected chi connectivity index (χ3v) is 4.48. The van der Waals surface area contributed by atoms with Crippen molar-refractivity contribution in [3.05, 3.63) is 29.3 Å². The first-order valence-corrected chi connectivity index (χ1v) is 8.37. The molecule has 0 unspecified atom stereocenters. The summed E-state index contributed by atoms with van der Waals surface area (Å²) >= 11 is 0. The van der Waals surface area contributed by atoms with E-state index in [0.717, 1.165) is 50.4 Å². The molecule has 0 radical (unpaired) electrons. The van der Waals surface area contributed by atoms with Gasteiger partial charge in [0.25, 0.3) is 0 Å². The molecule has 23 heavy (non-hydrogen) atoms. The number of carbonyl (C=O) groups is 2. The zero-order chi connectivity index (χ0) is 16.8. The Morgan fingerprint density at radius 3 is 2.48 bits per heavy atom. The van der Waals surface area contributed by atoms with Crippen LogP contribution in [0, 0.1) is 6.92 Å². The number of nitrogens with one attached hydrogen (secondary N) is 1. The zero-order valence-electron chi connectivity index (χ0n) is 14.4. The first-order chi connectivity index (χ1) is 11.0. The largest absolute Gasteiger partial charge is 0.340 e. The molecule has 1 N–H and O–H groups in total. The lowest BCUT2D eigenvalue weighted by Gasteiger charge is -2.34. The smallest absolute Gasteiger partial charge is 0.225 e. The van der Waals surface area contributed by atoms with E-state index in [1.165, 1.54) is 5.56 Å². The topological polar surface area (TPSA) is 52.7 Å². The molecule has 0 atom stereocenters. The third kappa shape index (κ3) is 4.79. The van der Waals surface area contributed by atoms with Crippen LogP contribution in [0.4, 0.5) is 5.69 Å². The second kappa shape index (κ2) is 8.11. The number of nitrogens with zero attached hydrogens (tertiary/aromatic N) is 2. The van der Waals surface area contributed by atoms with Gasteiger partial charge in [-0.05, 0) is 24.5 Å². The molecule has 1 fully saturated rings. The minimum absolute atomic E-state index is 0.0583. The van der Waals surface area contributed by atoms with E-state index < -0.39 is 0 Å². The van der Waals surface area contributed by atoms with Crippen LogP contribution >= 0.6 is 0 Å². The standard InChI is InChI=1S/C18H27N3O2/c1-4-16-7-5-6-14(2)18(16)19-17(23)8-9-20-10-12-21(13-11-20)15(3)22/h5-7H,4,8-13H2,1-3H3,(H,19,23). The van der Waals surface area contributed by atoms with Gasteiger partial charge in [-0.15, -0.1) is 0 Å². The predicted octanol–water partition coefficient (Wildman–Crippen LogP) is 2.05. The van der Waals surface area contributed by atoms with Crippen molar-refractivity contribution in [2.75, 3.05) is 38.0 Å². The number of hydrogen-bond acceptors (Lipinski definition) is 3. The number of rotatable bonds is 5. The summed E-state index contributed by atoms with van der Waals surface area (Å²) in [5, 5.41) is 3.07. The molecule has 5 nitrogen and oxygen atoms in total. The average Bonchev–Trinajstić information content (AvgIpc) is 2.55. The molecule has 0 saturated carbocycles. The number of anilines is 1. The van der Waals surface area contributed by atoms with Crippen LogP contribution in [0.5, 0.6) is 0 Å². The fourth-order valence-electron chi connectivity index (χ4n) is 2.95. The van der Waals surface area contributed by atoms with Gasteiger partial charge < -0.3 is 10.2 Å². The maximum absolute atomic E-state index is 12.2. The highest BCUT2D eigenvalue weighted by Crippen LogP contribution is 2.21. The molecule has 1 heterocycles. The molecule has 0 aliphatic carbocycles. The Labute approximate surface area is 138 Å². The maximum Gasteiger partial charge on any atom is 0.225 e. The molecule has 0 spiro atoms. The summed E-state index contributed by atoms with van der Waals surface area (Å²) in [6.45, 7) is 9.68. The molecule has 2 rings (SSSR count). The first-order valence-electron chi connectivity index (χ1n) is 8.37. The Kier molecular flexibility index (Phi) is 6.16. The highest BCUT2D eigenvalue weighted by molar-refractivity contribution is 5.92. The van der Waals surface area contributed by atoms with Crippen LogP contribution in [0.1, 0.15) is 31.4 Å². The molecule has 1 aromatic rings. The van der Waals surface area contributed by atoms with Crippen molar-refractivity contribution in [2.24, 2.45) is 0 Å². The lowest BCUT2D eigenvalue weighted by Crippen LogP contribution is -2.48.